The van der Waals surface area contributed by atoms with Crippen molar-refractivity contribution in [2.24, 2.45) is 0 Å². The molecule has 0 bridgehead atoms. The Kier molecular flexibility index (Phi) is 5.61. The van der Waals surface area contributed by atoms with Crippen LogP contribution in [-0.2, 0) is 22.4 Å². The summed E-state index contributed by atoms with van der Waals surface area (Å²) in [6.45, 7) is 4.76. The number of aryl methyl sites for hydroxylation is 2. The number of rotatable bonds is 6. The summed E-state index contributed by atoms with van der Waals surface area (Å²) in [5, 5.41) is 7.50. The van der Waals surface area contributed by atoms with E-state index in [0.717, 1.165) is 23.2 Å². The lowest BCUT2D eigenvalue weighted by molar-refractivity contribution is -0.127. The van der Waals surface area contributed by atoms with Gasteiger partial charge in [0.2, 0.25) is 11.8 Å². The van der Waals surface area contributed by atoms with Crippen LogP contribution >= 0.6 is 11.6 Å². The number of carbonyl (C=O) groups excluding carboxylic acids is 2. The van der Waals surface area contributed by atoms with Gasteiger partial charge in [0.15, 0.2) is 0 Å². The molecule has 1 aromatic carbocycles. The minimum absolute atomic E-state index is 0.0645. The molecule has 1 saturated heterocycles. The topological polar surface area (TPSA) is 75.4 Å². The molecule has 138 valence electrons. The van der Waals surface area contributed by atoms with Crippen molar-refractivity contribution in [1.82, 2.24) is 15.4 Å². The van der Waals surface area contributed by atoms with E-state index in [0.29, 0.717) is 30.3 Å². The third-order valence-corrected chi connectivity index (χ3v) is 4.89. The van der Waals surface area contributed by atoms with Gasteiger partial charge in [-0.1, -0.05) is 28.9 Å². The van der Waals surface area contributed by atoms with Crippen LogP contribution in [0.5, 0.6) is 0 Å². The molecule has 2 amide bonds. The highest BCUT2D eigenvalue weighted by atomic mass is 35.5. The number of hydrogen-bond acceptors (Lipinski definition) is 4. The Morgan fingerprint density at radius 2 is 2.23 bits per heavy atom. The Bertz CT molecular complexity index is 799. The zero-order chi connectivity index (χ0) is 18.7. The van der Waals surface area contributed by atoms with Crippen molar-refractivity contribution in [3.63, 3.8) is 0 Å². The largest absolute Gasteiger partial charge is 0.361 e. The minimum Gasteiger partial charge on any atom is -0.361 e. The fourth-order valence-corrected chi connectivity index (χ4v) is 3.45. The third-order valence-electron chi connectivity index (χ3n) is 4.66. The molecule has 0 spiro atoms. The van der Waals surface area contributed by atoms with Gasteiger partial charge in [0.25, 0.3) is 0 Å². The molecule has 2 heterocycles. The summed E-state index contributed by atoms with van der Waals surface area (Å²) in [4.78, 5) is 26.3. The average molecular weight is 376 g/mol. The van der Waals surface area contributed by atoms with Crippen LogP contribution in [0.4, 0.5) is 0 Å². The normalized spacial score (nSPS) is 17.0. The highest BCUT2D eigenvalue weighted by molar-refractivity contribution is 6.30. The molecule has 1 N–H and O–H groups in total. The number of aromatic nitrogens is 1. The Morgan fingerprint density at radius 1 is 1.42 bits per heavy atom. The molecule has 6 nitrogen and oxygen atoms in total. The van der Waals surface area contributed by atoms with E-state index >= 15 is 0 Å². The molecule has 1 fully saturated rings. The lowest BCUT2D eigenvalue weighted by atomic mass is 10.1. The summed E-state index contributed by atoms with van der Waals surface area (Å²) in [6.07, 6.45) is 1.29. The predicted octanol–water partition coefficient (Wildman–Crippen LogP) is 2.45. The summed E-state index contributed by atoms with van der Waals surface area (Å²) >= 11 is 5.99. The van der Waals surface area contributed by atoms with Crippen LogP contribution in [0.2, 0.25) is 5.02 Å². The molecule has 7 heteroatoms. The predicted molar refractivity (Wildman–Crippen MR) is 98.0 cm³/mol. The fourth-order valence-electron chi connectivity index (χ4n) is 3.24. The third kappa shape index (κ3) is 4.43. The maximum absolute atomic E-state index is 12.3. The van der Waals surface area contributed by atoms with Crippen LogP contribution in [0.1, 0.15) is 29.0 Å². The molecule has 0 saturated carbocycles. The Morgan fingerprint density at radius 3 is 2.92 bits per heavy atom. The standard InChI is InChI=1S/C19H22ClN3O3/c1-12-17(13(2)26-22-12)10-18(24)21-16-9-19(25)23(11-16)7-6-14-4-3-5-15(20)8-14/h3-5,8,16H,6-7,9-11H2,1-2H3,(H,21,24)/t16-/m0/s1. The Labute approximate surface area is 157 Å². The molecule has 1 aromatic heterocycles. The van der Waals surface area contributed by atoms with Gasteiger partial charge in [-0.05, 0) is 38.0 Å². The van der Waals surface area contributed by atoms with E-state index in [-0.39, 0.29) is 24.3 Å². The van der Waals surface area contributed by atoms with Gasteiger partial charge in [0.1, 0.15) is 5.76 Å². The number of halogens is 1. The maximum atomic E-state index is 12.3. The molecule has 0 aliphatic carbocycles. The zero-order valence-corrected chi connectivity index (χ0v) is 15.7. The zero-order valence-electron chi connectivity index (χ0n) is 14.9. The smallest absolute Gasteiger partial charge is 0.224 e. The number of benzene rings is 1. The van der Waals surface area contributed by atoms with Gasteiger partial charge >= 0.3 is 0 Å². The van der Waals surface area contributed by atoms with Crippen molar-refractivity contribution in [1.29, 1.82) is 0 Å². The van der Waals surface area contributed by atoms with Crippen molar-refractivity contribution in [3.8, 4) is 0 Å². The van der Waals surface area contributed by atoms with Gasteiger partial charge in [-0.15, -0.1) is 0 Å². The lowest BCUT2D eigenvalue weighted by Gasteiger charge is -2.17. The highest BCUT2D eigenvalue weighted by Gasteiger charge is 2.30. The number of hydrogen-bond donors (Lipinski definition) is 1. The van der Waals surface area contributed by atoms with Crippen molar-refractivity contribution in [2.75, 3.05) is 13.1 Å². The van der Waals surface area contributed by atoms with Crippen LogP contribution in [-0.4, -0.2) is 41.0 Å². The lowest BCUT2D eigenvalue weighted by Crippen LogP contribution is -2.38. The average Bonchev–Trinajstić information content (AvgIpc) is 3.09. The van der Waals surface area contributed by atoms with E-state index in [2.05, 4.69) is 10.5 Å². The van der Waals surface area contributed by atoms with Gasteiger partial charge < -0.3 is 14.7 Å². The summed E-state index contributed by atoms with van der Waals surface area (Å²) in [5.41, 5.74) is 2.63. The van der Waals surface area contributed by atoms with Crippen LogP contribution in [0.3, 0.4) is 0 Å². The minimum atomic E-state index is -0.158. The van der Waals surface area contributed by atoms with E-state index < -0.39 is 0 Å². The molecule has 1 aliphatic rings. The molecule has 0 unspecified atom stereocenters. The summed E-state index contributed by atoms with van der Waals surface area (Å²) in [7, 11) is 0. The number of nitrogens with zero attached hydrogens (tertiary/aromatic N) is 2. The highest BCUT2D eigenvalue weighted by Crippen LogP contribution is 2.16. The molecule has 1 aliphatic heterocycles. The van der Waals surface area contributed by atoms with Crippen molar-refractivity contribution in [2.45, 2.75) is 39.2 Å². The first-order chi connectivity index (χ1) is 12.4. The first kappa shape index (κ1) is 18.5. The van der Waals surface area contributed by atoms with E-state index in [9.17, 15) is 9.59 Å². The van der Waals surface area contributed by atoms with Crippen molar-refractivity contribution < 1.29 is 14.1 Å². The second kappa shape index (κ2) is 7.91. The van der Waals surface area contributed by atoms with Gasteiger partial charge in [0.05, 0.1) is 18.2 Å². The number of likely N-dealkylation sites (tertiary alicyclic amines) is 1. The fraction of sp³-hybridized carbons (Fsp3) is 0.421. The van der Waals surface area contributed by atoms with E-state index in [1.165, 1.54) is 0 Å². The Hall–Kier alpha value is -2.34. The molecule has 26 heavy (non-hydrogen) atoms. The van der Waals surface area contributed by atoms with Gasteiger partial charge in [-0.2, -0.15) is 0 Å². The molecular weight excluding hydrogens is 354 g/mol. The second-order valence-electron chi connectivity index (χ2n) is 6.67. The Balaban J connectivity index is 1.50. The van der Waals surface area contributed by atoms with Gasteiger partial charge in [0, 0.05) is 30.1 Å². The van der Waals surface area contributed by atoms with Crippen molar-refractivity contribution in [3.05, 3.63) is 51.9 Å². The van der Waals surface area contributed by atoms with E-state index in [1.807, 2.05) is 31.2 Å². The molecule has 2 aromatic rings. The summed E-state index contributed by atoms with van der Waals surface area (Å²) in [6, 6.07) is 7.48. The van der Waals surface area contributed by atoms with E-state index in [4.69, 9.17) is 16.1 Å². The van der Waals surface area contributed by atoms with Crippen LogP contribution in [0.25, 0.3) is 0 Å². The maximum Gasteiger partial charge on any atom is 0.224 e. The first-order valence-electron chi connectivity index (χ1n) is 8.65. The number of carbonyl (C=O) groups is 2. The number of amides is 2. The monoisotopic (exact) mass is 375 g/mol. The van der Waals surface area contributed by atoms with Crippen LogP contribution in [0, 0.1) is 13.8 Å². The first-order valence-corrected chi connectivity index (χ1v) is 9.03. The van der Waals surface area contributed by atoms with Crippen LogP contribution < -0.4 is 5.32 Å². The molecule has 1 atom stereocenters. The quantitative estimate of drug-likeness (QED) is 0.841. The van der Waals surface area contributed by atoms with E-state index in [1.54, 1.807) is 11.8 Å². The molecule has 3 rings (SSSR count). The summed E-state index contributed by atoms with van der Waals surface area (Å²) < 4.78 is 5.08. The van der Waals surface area contributed by atoms with Crippen LogP contribution in [0.15, 0.2) is 28.8 Å². The van der Waals surface area contributed by atoms with Gasteiger partial charge in [-0.25, -0.2) is 0 Å². The second-order valence-corrected chi connectivity index (χ2v) is 7.10. The molecular formula is C19H22ClN3O3. The summed E-state index contributed by atoms with van der Waals surface area (Å²) in [5.74, 6) is 0.604. The number of nitrogens with one attached hydrogen (secondary N) is 1. The van der Waals surface area contributed by atoms with Crippen molar-refractivity contribution >= 4 is 23.4 Å². The molecule has 0 radical (unpaired) electrons. The van der Waals surface area contributed by atoms with Gasteiger partial charge in [-0.3, -0.25) is 9.59 Å². The SMILES string of the molecule is Cc1noc(C)c1CC(=O)N[C@H]1CC(=O)N(CCc2cccc(Cl)c2)C1.